The van der Waals surface area contributed by atoms with Crippen molar-refractivity contribution in [2.75, 3.05) is 0 Å². The Balaban J connectivity index is 1.76. The topological polar surface area (TPSA) is 17.1 Å². The van der Waals surface area contributed by atoms with Gasteiger partial charge in [-0.15, -0.1) is 0 Å². The van der Waals surface area contributed by atoms with E-state index in [1.165, 1.54) is 25.7 Å². The fraction of sp³-hybridized carbons (Fsp3) is 0.471. The summed E-state index contributed by atoms with van der Waals surface area (Å²) < 4.78 is 0. The van der Waals surface area contributed by atoms with E-state index in [0.717, 1.165) is 24.0 Å². The first-order valence-electron chi connectivity index (χ1n) is 7.14. The highest BCUT2D eigenvalue weighted by Gasteiger charge is 2.36. The minimum Gasteiger partial charge on any atom is -0.294 e. The molecule has 0 heterocycles. The lowest BCUT2D eigenvalue weighted by atomic mass is 9.88. The van der Waals surface area contributed by atoms with Crippen LogP contribution in [0, 0.1) is 11.8 Å². The van der Waals surface area contributed by atoms with Crippen molar-refractivity contribution in [2.24, 2.45) is 11.8 Å². The lowest BCUT2D eigenvalue weighted by Crippen LogP contribution is -2.16. The summed E-state index contributed by atoms with van der Waals surface area (Å²) in [7, 11) is 0. The van der Waals surface area contributed by atoms with Crippen LogP contribution in [0.25, 0.3) is 6.08 Å². The highest BCUT2D eigenvalue weighted by Crippen LogP contribution is 2.40. The second kappa shape index (κ2) is 5.09. The summed E-state index contributed by atoms with van der Waals surface area (Å²) >= 11 is 0. The predicted molar refractivity (Wildman–Crippen MR) is 74.1 cm³/mol. The molecule has 0 spiro atoms. The molecule has 3 rings (SSSR count). The minimum absolute atomic E-state index is 0.336. The smallest absolute Gasteiger partial charge is 0.162 e. The minimum atomic E-state index is 0.336. The molecule has 2 aliphatic rings. The van der Waals surface area contributed by atoms with Crippen LogP contribution >= 0.6 is 0 Å². The highest BCUT2D eigenvalue weighted by molar-refractivity contribution is 6.03. The van der Waals surface area contributed by atoms with E-state index in [2.05, 4.69) is 18.2 Å². The van der Waals surface area contributed by atoms with Gasteiger partial charge in [0.1, 0.15) is 0 Å². The molecule has 1 heteroatoms. The van der Waals surface area contributed by atoms with Gasteiger partial charge in [-0.25, -0.2) is 0 Å². The number of hydrogen-bond acceptors (Lipinski definition) is 1. The Morgan fingerprint density at radius 2 is 1.72 bits per heavy atom. The molecule has 0 aliphatic heterocycles. The average Bonchev–Trinajstić information content (AvgIpc) is 3.02. The second-order valence-corrected chi connectivity index (χ2v) is 5.63. The van der Waals surface area contributed by atoms with Gasteiger partial charge >= 0.3 is 0 Å². The third-order valence-electron chi connectivity index (χ3n) is 4.49. The number of carbonyl (C=O) groups is 1. The van der Waals surface area contributed by atoms with Crippen LogP contribution in [0.3, 0.4) is 0 Å². The maximum Gasteiger partial charge on any atom is 0.162 e. The Morgan fingerprint density at radius 1 is 1.00 bits per heavy atom. The molecule has 0 aromatic heterocycles. The van der Waals surface area contributed by atoms with Crippen molar-refractivity contribution in [3.8, 4) is 0 Å². The number of Topliss-reactive ketones (excluding diaryl/α,β-unsaturated/α-hetero) is 1. The average molecular weight is 240 g/mol. The molecule has 94 valence electrons. The first-order chi connectivity index (χ1) is 8.84. The van der Waals surface area contributed by atoms with E-state index in [1.54, 1.807) is 0 Å². The van der Waals surface area contributed by atoms with Crippen LogP contribution < -0.4 is 0 Å². The summed E-state index contributed by atoms with van der Waals surface area (Å²) in [5, 5.41) is 0. The maximum atomic E-state index is 12.4. The van der Waals surface area contributed by atoms with E-state index in [1.807, 2.05) is 18.2 Å². The fourth-order valence-electron chi connectivity index (χ4n) is 3.51. The number of benzene rings is 1. The molecule has 1 atom stereocenters. The van der Waals surface area contributed by atoms with Gasteiger partial charge in [-0.2, -0.15) is 0 Å². The van der Waals surface area contributed by atoms with Crippen molar-refractivity contribution < 1.29 is 4.79 Å². The van der Waals surface area contributed by atoms with Gasteiger partial charge in [0.15, 0.2) is 5.78 Å². The fourth-order valence-corrected chi connectivity index (χ4v) is 3.51. The van der Waals surface area contributed by atoms with E-state index >= 15 is 0 Å². The Morgan fingerprint density at radius 3 is 2.44 bits per heavy atom. The van der Waals surface area contributed by atoms with E-state index < -0.39 is 0 Å². The van der Waals surface area contributed by atoms with E-state index in [4.69, 9.17) is 0 Å². The van der Waals surface area contributed by atoms with Crippen LogP contribution in [0.5, 0.6) is 0 Å². The molecular formula is C17H20O. The Bertz CT molecular complexity index is 452. The molecule has 0 unspecified atom stereocenters. The van der Waals surface area contributed by atoms with Crippen molar-refractivity contribution >= 4 is 11.9 Å². The van der Waals surface area contributed by atoms with Gasteiger partial charge in [0.25, 0.3) is 0 Å². The molecule has 0 amide bonds. The molecule has 2 saturated carbocycles. The monoisotopic (exact) mass is 240 g/mol. The van der Waals surface area contributed by atoms with Gasteiger partial charge in [0, 0.05) is 5.92 Å². The van der Waals surface area contributed by atoms with Gasteiger partial charge < -0.3 is 0 Å². The Hall–Kier alpha value is -1.37. The van der Waals surface area contributed by atoms with Gasteiger partial charge in [0.05, 0.1) is 0 Å². The van der Waals surface area contributed by atoms with Crippen molar-refractivity contribution in [3.05, 3.63) is 41.5 Å². The Kier molecular flexibility index (Phi) is 3.31. The summed E-state index contributed by atoms with van der Waals surface area (Å²) in [5.41, 5.74) is 2.21. The zero-order valence-electron chi connectivity index (χ0n) is 10.8. The van der Waals surface area contributed by atoms with E-state index in [9.17, 15) is 4.79 Å². The molecule has 1 aromatic carbocycles. The molecule has 1 nitrogen and oxygen atoms in total. The SMILES string of the molecule is O=C1/C(=C/c2ccccc2)CC[C@@H]1C1CCCC1. The highest BCUT2D eigenvalue weighted by atomic mass is 16.1. The normalized spacial score (nSPS) is 27.2. The summed E-state index contributed by atoms with van der Waals surface area (Å²) in [5.74, 6) is 1.45. The number of ketones is 1. The molecular weight excluding hydrogens is 220 g/mol. The molecule has 1 aromatic rings. The molecule has 2 aliphatic carbocycles. The number of rotatable bonds is 2. The molecule has 0 N–H and O–H groups in total. The zero-order chi connectivity index (χ0) is 12.4. The first kappa shape index (κ1) is 11.7. The van der Waals surface area contributed by atoms with Gasteiger partial charge in [-0.3, -0.25) is 4.79 Å². The summed E-state index contributed by atoms with van der Waals surface area (Å²) in [6.45, 7) is 0. The first-order valence-corrected chi connectivity index (χ1v) is 7.14. The third kappa shape index (κ3) is 2.27. The van der Waals surface area contributed by atoms with Crippen molar-refractivity contribution in [1.82, 2.24) is 0 Å². The quantitative estimate of drug-likeness (QED) is 0.707. The molecule has 18 heavy (non-hydrogen) atoms. The number of allylic oxidation sites excluding steroid dienone is 1. The van der Waals surface area contributed by atoms with E-state index in [0.29, 0.717) is 17.6 Å². The van der Waals surface area contributed by atoms with Crippen LogP contribution in [0.1, 0.15) is 44.1 Å². The lowest BCUT2D eigenvalue weighted by molar-refractivity contribution is -0.119. The summed E-state index contributed by atoms with van der Waals surface area (Å²) in [6.07, 6.45) is 9.36. The maximum absolute atomic E-state index is 12.4. The zero-order valence-corrected chi connectivity index (χ0v) is 10.8. The van der Waals surface area contributed by atoms with Crippen LogP contribution in [-0.4, -0.2) is 5.78 Å². The standard InChI is InChI=1S/C17H20O/c18-17-15(12-13-6-2-1-3-7-13)10-11-16(17)14-8-4-5-9-14/h1-3,6-7,12,14,16H,4-5,8-11H2/b15-12+/t16-/m1/s1. The third-order valence-corrected chi connectivity index (χ3v) is 4.49. The molecule has 0 radical (unpaired) electrons. The van der Waals surface area contributed by atoms with Crippen LogP contribution in [0.4, 0.5) is 0 Å². The largest absolute Gasteiger partial charge is 0.294 e. The van der Waals surface area contributed by atoms with Crippen LogP contribution in [0.2, 0.25) is 0 Å². The number of hydrogen-bond donors (Lipinski definition) is 0. The van der Waals surface area contributed by atoms with Gasteiger partial charge in [0.2, 0.25) is 0 Å². The lowest BCUT2D eigenvalue weighted by Gasteiger charge is -2.15. The van der Waals surface area contributed by atoms with Crippen molar-refractivity contribution in [1.29, 1.82) is 0 Å². The molecule has 2 fully saturated rings. The van der Waals surface area contributed by atoms with Crippen molar-refractivity contribution in [3.63, 3.8) is 0 Å². The van der Waals surface area contributed by atoms with Crippen LogP contribution in [0.15, 0.2) is 35.9 Å². The second-order valence-electron chi connectivity index (χ2n) is 5.63. The number of carbonyl (C=O) groups excluding carboxylic acids is 1. The Labute approximate surface area is 109 Å². The van der Waals surface area contributed by atoms with Gasteiger partial charge in [-0.1, -0.05) is 43.2 Å². The summed E-state index contributed by atoms with van der Waals surface area (Å²) in [6, 6.07) is 10.2. The van der Waals surface area contributed by atoms with Gasteiger partial charge in [-0.05, 0) is 48.8 Å². The van der Waals surface area contributed by atoms with E-state index in [-0.39, 0.29) is 0 Å². The molecule has 0 bridgehead atoms. The van der Waals surface area contributed by atoms with Crippen LogP contribution in [-0.2, 0) is 4.79 Å². The molecule has 0 saturated heterocycles. The summed E-state index contributed by atoms with van der Waals surface area (Å²) in [4.78, 5) is 12.4. The van der Waals surface area contributed by atoms with Crippen molar-refractivity contribution in [2.45, 2.75) is 38.5 Å². The predicted octanol–water partition coefficient (Wildman–Crippen LogP) is 4.24.